The molecule has 0 aliphatic carbocycles. The van der Waals surface area contributed by atoms with Crippen LogP contribution in [0.5, 0.6) is 0 Å². The SMILES string of the molecule is Cc1nc(C)c(C(C)NC2CCSc3ccccc32)s1. The highest BCUT2D eigenvalue weighted by Crippen LogP contribution is 2.37. The van der Waals surface area contributed by atoms with Gasteiger partial charge in [0.15, 0.2) is 0 Å². The molecule has 2 heterocycles. The van der Waals surface area contributed by atoms with E-state index >= 15 is 0 Å². The Labute approximate surface area is 129 Å². The summed E-state index contributed by atoms with van der Waals surface area (Å²) in [5.41, 5.74) is 2.63. The first-order valence-electron chi connectivity index (χ1n) is 7.07. The Hall–Kier alpha value is -0.840. The molecule has 3 rings (SSSR count). The lowest BCUT2D eigenvalue weighted by Crippen LogP contribution is -2.27. The minimum Gasteiger partial charge on any atom is -0.302 e. The number of nitrogens with zero attached hydrogens (tertiary/aromatic N) is 1. The lowest BCUT2D eigenvalue weighted by Gasteiger charge is -2.28. The van der Waals surface area contributed by atoms with Crippen molar-refractivity contribution in [3.63, 3.8) is 0 Å². The second kappa shape index (κ2) is 5.88. The fraction of sp³-hybridized carbons (Fsp3) is 0.438. The smallest absolute Gasteiger partial charge is 0.0900 e. The van der Waals surface area contributed by atoms with Crippen LogP contribution < -0.4 is 5.32 Å². The van der Waals surface area contributed by atoms with Gasteiger partial charge in [0.1, 0.15) is 0 Å². The summed E-state index contributed by atoms with van der Waals surface area (Å²) in [6, 6.07) is 9.60. The molecule has 2 aromatic rings. The van der Waals surface area contributed by atoms with Crippen molar-refractivity contribution in [2.45, 2.75) is 44.2 Å². The molecule has 2 nitrogen and oxygen atoms in total. The van der Waals surface area contributed by atoms with Gasteiger partial charge < -0.3 is 5.32 Å². The normalized spacial score (nSPS) is 19.6. The number of thioether (sulfide) groups is 1. The maximum Gasteiger partial charge on any atom is 0.0900 e. The molecule has 0 fully saturated rings. The molecule has 1 aliphatic rings. The first-order valence-corrected chi connectivity index (χ1v) is 8.87. The number of hydrogen-bond acceptors (Lipinski definition) is 4. The van der Waals surface area contributed by atoms with Crippen molar-refractivity contribution in [2.75, 3.05) is 5.75 Å². The molecule has 1 N–H and O–H groups in total. The average Bonchev–Trinajstić information content (AvgIpc) is 2.78. The number of fused-ring (bicyclic) bond motifs is 1. The monoisotopic (exact) mass is 304 g/mol. The molecule has 0 saturated carbocycles. The molecule has 1 aromatic carbocycles. The van der Waals surface area contributed by atoms with Gasteiger partial charge in [0.05, 0.1) is 10.7 Å². The van der Waals surface area contributed by atoms with Gasteiger partial charge in [0.2, 0.25) is 0 Å². The third kappa shape index (κ3) is 2.78. The minimum absolute atomic E-state index is 0.363. The summed E-state index contributed by atoms with van der Waals surface area (Å²) in [7, 11) is 0. The molecular formula is C16H20N2S2. The lowest BCUT2D eigenvalue weighted by molar-refractivity contribution is 0.453. The minimum atomic E-state index is 0.363. The van der Waals surface area contributed by atoms with Crippen LogP contribution in [0.15, 0.2) is 29.2 Å². The van der Waals surface area contributed by atoms with Gasteiger partial charge in [-0.05, 0) is 44.6 Å². The summed E-state index contributed by atoms with van der Waals surface area (Å²) in [4.78, 5) is 7.35. The number of aromatic nitrogens is 1. The standard InChI is InChI=1S/C16H20N2S2/c1-10-16(20-12(3)17-10)11(2)18-14-8-9-19-15-7-5-4-6-13(14)15/h4-7,11,14,18H,8-9H2,1-3H3. The number of aryl methyl sites for hydroxylation is 2. The molecule has 106 valence electrons. The zero-order valence-electron chi connectivity index (χ0n) is 12.1. The van der Waals surface area contributed by atoms with Crippen molar-refractivity contribution in [1.82, 2.24) is 10.3 Å². The van der Waals surface area contributed by atoms with Gasteiger partial charge >= 0.3 is 0 Å². The molecule has 0 amide bonds. The van der Waals surface area contributed by atoms with Crippen LogP contribution in [-0.2, 0) is 0 Å². The first-order chi connectivity index (χ1) is 9.65. The van der Waals surface area contributed by atoms with Crippen molar-refractivity contribution in [3.05, 3.63) is 45.4 Å². The Morgan fingerprint density at radius 3 is 2.85 bits per heavy atom. The molecule has 0 spiro atoms. The van der Waals surface area contributed by atoms with Crippen molar-refractivity contribution >= 4 is 23.1 Å². The topological polar surface area (TPSA) is 24.9 Å². The second-order valence-electron chi connectivity index (χ2n) is 5.30. The maximum atomic E-state index is 4.54. The van der Waals surface area contributed by atoms with E-state index in [4.69, 9.17) is 0 Å². The summed E-state index contributed by atoms with van der Waals surface area (Å²) in [6.45, 7) is 6.45. The van der Waals surface area contributed by atoms with Crippen LogP contribution >= 0.6 is 23.1 Å². The molecular weight excluding hydrogens is 284 g/mol. The zero-order chi connectivity index (χ0) is 14.1. The van der Waals surface area contributed by atoms with Crippen LogP contribution in [0, 0.1) is 13.8 Å². The van der Waals surface area contributed by atoms with Crippen molar-refractivity contribution in [1.29, 1.82) is 0 Å². The third-order valence-electron chi connectivity index (χ3n) is 3.74. The fourth-order valence-electron chi connectivity index (χ4n) is 2.84. The summed E-state index contributed by atoms with van der Waals surface area (Å²) in [5.74, 6) is 1.20. The Morgan fingerprint density at radius 2 is 2.10 bits per heavy atom. The largest absolute Gasteiger partial charge is 0.302 e. The molecule has 4 heteroatoms. The van der Waals surface area contributed by atoms with Gasteiger partial charge in [-0.1, -0.05) is 18.2 Å². The van der Waals surface area contributed by atoms with E-state index < -0.39 is 0 Å². The number of benzene rings is 1. The van der Waals surface area contributed by atoms with E-state index in [2.05, 4.69) is 55.3 Å². The Kier molecular flexibility index (Phi) is 4.15. The van der Waals surface area contributed by atoms with E-state index in [9.17, 15) is 0 Å². The maximum absolute atomic E-state index is 4.54. The van der Waals surface area contributed by atoms with Gasteiger partial charge in [-0.25, -0.2) is 4.98 Å². The van der Waals surface area contributed by atoms with Gasteiger partial charge in [-0.15, -0.1) is 23.1 Å². The van der Waals surface area contributed by atoms with E-state index in [1.54, 1.807) is 0 Å². The molecule has 2 unspecified atom stereocenters. The zero-order valence-corrected chi connectivity index (χ0v) is 13.8. The summed E-state index contributed by atoms with van der Waals surface area (Å²) < 4.78 is 0. The lowest BCUT2D eigenvalue weighted by atomic mass is 10.0. The van der Waals surface area contributed by atoms with Crippen molar-refractivity contribution in [3.8, 4) is 0 Å². The van der Waals surface area contributed by atoms with E-state index in [1.807, 2.05) is 23.1 Å². The van der Waals surface area contributed by atoms with Crippen LogP contribution in [0.2, 0.25) is 0 Å². The van der Waals surface area contributed by atoms with Crippen LogP contribution in [0.3, 0.4) is 0 Å². The predicted molar refractivity (Wildman–Crippen MR) is 87.7 cm³/mol. The highest BCUT2D eigenvalue weighted by Gasteiger charge is 2.23. The van der Waals surface area contributed by atoms with E-state index in [1.165, 1.54) is 33.2 Å². The van der Waals surface area contributed by atoms with E-state index in [0.29, 0.717) is 12.1 Å². The van der Waals surface area contributed by atoms with Gasteiger partial charge in [-0.2, -0.15) is 0 Å². The average molecular weight is 304 g/mol. The van der Waals surface area contributed by atoms with Crippen LogP contribution in [0.25, 0.3) is 0 Å². The number of thiazole rings is 1. The first kappa shape index (κ1) is 14.1. The summed E-state index contributed by atoms with van der Waals surface area (Å²) >= 11 is 3.79. The third-order valence-corrected chi connectivity index (χ3v) is 6.12. The quantitative estimate of drug-likeness (QED) is 0.893. The van der Waals surface area contributed by atoms with Crippen LogP contribution in [0.1, 0.15) is 46.6 Å². The second-order valence-corrected chi connectivity index (χ2v) is 7.67. The van der Waals surface area contributed by atoms with Gasteiger partial charge in [0, 0.05) is 21.9 Å². The van der Waals surface area contributed by atoms with Crippen LogP contribution in [0.4, 0.5) is 0 Å². The number of rotatable bonds is 3. The molecule has 0 bridgehead atoms. The molecule has 1 aliphatic heterocycles. The fourth-order valence-corrected chi connectivity index (χ4v) is 4.91. The molecule has 2 atom stereocenters. The molecule has 0 radical (unpaired) electrons. The highest BCUT2D eigenvalue weighted by molar-refractivity contribution is 7.99. The molecule has 1 aromatic heterocycles. The van der Waals surface area contributed by atoms with Gasteiger partial charge in [-0.3, -0.25) is 0 Å². The van der Waals surface area contributed by atoms with E-state index in [0.717, 1.165) is 5.01 Å². The van der Waals surface area contributed by atoms with Crippen molar-refractivity contribution < 1.29 is 0 Å². The predicted octanol–water partition coefficient (Wildman–Crippen LogP) is 4.65. The summed E-state index contributed by atoms with van der Waals surface area (Å²) in [6.07, 6.45) is 1.20. The van der Waals surface area contributed by atoms with Crippen LogP contribution in [-0.4, -0.2) is 10.7 Å². The van der Waals surface area contributed by atoms with E-state index in [-0.39, 0.29) is 0 Å². The van der Waals surface area contributed by atoms with Gasteiger partial charge in [0.25, 0.3) is 0 Å². The molecule has 0 saturated heterocycles. The Balaban J connectivity index is 1.80. The van der Waals surface area contributed by atoms with Crippen molar-refractivity contribution in [2.24, 2.45) is 0 Å². The number of nitrogens with one attached hydrogen (secondary N) is 1. The Bertz CT molecular complexity index is 606. The highest BCUT2D eigenvalue weighted by atomic mass is 32.2. The molecule has 20 heavy (non-hydrogen) atoms. The number of hydrogen-bond donors (Lipinski definition) is 1. The summed E-state index contributed by atoms with van der Waals surface area (Å²) in [5, 5.41) is 4.96. The Morgan fingerprint density at radius 1 is 1.30 bits per heavy atom.